The number of halogens is 1. The zero-order valence-corrected chi connectivity index (χ0v) is 17.4. The molecule has 1 fully saturated rings. The van der Waals surface area contributed by atoms with Crippen LogP contribution in [0, 0.1) is 5.92 Å². The molecule has 1 aliphatic rings. The SMILES string of the molecule is CCNC(=NCc1cccc(OC)c1)NCC1CCN(CC)C1.I. The molecule has 5 nitrogen and oxygen atoms in total. The van der Waals surface area contributed by atoms with Gasteiger partial charge in [-0.3, -0.25) is 0 Å². The summed E-state index contributed by atoms with van der Waals surface area (Å²) in [6.07, 6.45) is 1.27. The van der Waals surface area contributed by atoms with Crippen molar-refractivity contribution in [3.8, 4) is 5.75 Å². The number of aliphatic imine (C=N–C) groups is 1. The lowest BCUT2D eigenvalue weighted by atomic mass is 10.1. The predicted molar refractivity (Wildman–Crippen MR) is 111 cm³/mol. The molecule has 1 saturated heterocycles. The Labute approximate surface area is 163 Å². The molecule has 0 bridgehead atoms. The monoisotopic (exact) mass is 446 g/mol. The summed E-state index contributed by atoms with van der Waals surface area (Å²) in [7, 11) is 1.69. The summed E-state index contributed by atoms with van der Waals surface area (Å²) in [5.41, 5.74) is 1.15. The van der Waals surface area contributed by atoms with Gasteiger partial charge in [-0.05, 0) is 50.0 Å². The van der Waals surface area contributed by atoms with Crippen molar-refractivity contribution >= 4 is 29.9 Å². The Morgan fingerprint density at radius 1 is 1.33 bits per heavy atom. The van der Waals surface area contributed by atoms with E-state index in [-0.39, 0.29) is 24.0 Å². The van der Waals surface area contributed by atoms with Crippen LogP contribution in [0.3, 0.4) is 0 Å². The van der Waals surface area contributed by atoms with Gasteiger partial charge in [-0.25, -0.2) is 4.99 Å². The fraction of sp³-hybridized carbons (Fsp3) is 0.611. The van der Waals surface area contributed by atoms with Gasteiger partial charge in [0.05, 0.1) is 13.7 Å². The Hall–Kier alpha value is -1.02. The Bertz CT molecular complexity index is 510. The lowest BCUT2D eigenvalue weighted by Gasteiger charge is -2.16. The summed E-state index contributed by atoms with van der Waals surface area (Å²) in [6, 6.07) is 8.06. The van der Waals surface area contributed by atoms with Crippen molar-refractivity contribution in [2.24, 2.45) is 10.9 Å². The van der Waals surface area contributed by atoms with E-state index in [1.165, 1.54) is 19.5 Å². The van der Waals surface area contributed by atoms with Crippen molar-refractivity contribution in [1.29, 1.82) is 0 Å². The molecular weight excluding hydrogens is 415 g/mol. The molecule has 0 saturated carbocycles. The Balaban J connectivity index is 0.00000288. The second-order valence-corrected chi connectivity index (χ2v) is 5.98. The normalized spacial score (nSPS) is 18.1. The first-order valence-electron chi connectivity index (χ1n) is 8.62. The van der Waals surface area contributed by atoms with Crippen molar-refractivity contribution in [1.82, 2.24) is 15.5 Å². The molecule has 1 aliphatic heterocycles. The van der Waals surface area contributed by atoms with Gasteiger partial charge < -0.3 is 20.3 Å². The second kappa shape index (κ2) is 11.5. The minimum absolute atomic E-state index is 0. The molecule has 0 aromatic heterocycles. The van der Waals surface area contributed by atoms with E-state index in [0.717, 1.165) is 42.8 Å². The molecule has 1 aromatic carbocycles. The Morgan fingerprint density at radius 3 is 2.83 bits per heavy atom. The van der Waals surface area contributed by atoms with Crippen LogP contribution in [0.5, 0.6) is 5.75 Å². The maximum absolute atomic E-state index is 5.26. The highest BCUT2D eigenvalue weighted by Gasteiger charge is 2.20. The zero-order valence-electron chi connectivity index (χ0n) is 15.0. The summed E-state index contributed by atoms with van der Waals surface area (Å²) >= 11 is 0. The van der Waals surface area contributed by atoms with Crippen molar-refractivity contribution in [3.05, 3.63) is 29.8 Å². The highest BCUT2D eigenvalue weighted by molar-refractivity contribution is 14.0. The van der Waals surface area contributed by atoms with Crippen molar-refractivity contribution in [3.63, 3.8) is 0 Å². The molecule has 6 heteroatoms. The summed E-state index contributed by atoms with van der Waals surface area (Å²) in [5.74, 6) is 2.49. The first-order valence-corrected chi connectivity index (χ1v) is 8.62. The largest absolute Gasteiger partial charge is 0.497 e. The standard InChI is InChI=1S/C18H30N4O.HI/c1-4-19-18(21-13-16-9-10-22(5-2)14-16)20-12-15-7-6-8-17(11-15)23-3;/h6-8,11,16H,4-5,9-10,12-14H2,1-3H3,(H2,19,20,21);1H. The van der Waals surface area contributed by atoms with Gasteiger partial charge in [-0.2, -0.15) is 0 Å². The molecule has 0 aliphatic carbocycles. The zero-order chi connectivity index (χ0) is 16.5. The molecule has 1 unspecified atom stereocenters. The number of methoxy groups -OCH3 is 1. The minimum Gasteiger partial charge on any atom is -0.497 e. The molecule has 2 rings (SSSR count). The van der Waals surface area contributed by atoms with E-state index in [4.69, 9.17) is 4.74 Å². The van der Waals surface area contributed by atoms with Gasteiger partial charge in [0, 0.05) is 19.6 Å². The predicted octanol–water partition coefficient (Wildman–Crippen LogP) is 2.71. The molecule has 24 heavy (non-hydrogen) atoms. The minimum atomic E-state index is 0. The number of hydrogen-bond donors (Lipinski definition) is 2. The van der Waals surface area contributed by atoms with Crippen LogP contribution in [-0.4, -0.2) is 50.7 Å². The summed E-state index contributed by atoms with van der Waals surface area (Å²) in [5, 5.41) is 6.81. The van der Waals surface area contributed by atoms with E-state index >= 15 is 0 Å². The highest BCUT2D eigenvalue weighted by Crippen LogP contribution is 2.15. The summed E-state index contributed by atoms with van der Waals surface area (Å²) in [6.45, 7) is 10.4. The number of rotatable bonds is 7. The molecule has 1 heterocycles. The number of ether oxygens (including phenoxy) is 1. The molecule has 0 spiro atoms. The van der Waals surface area contributed by atoms with E-state index in [0.29, 0.717) is 6.54 Å². The third kappa shape index (κ3) is 6.84. The quantitative estimate of drug-likeness (QED) is 0.384. The fourth-order valence-corrected chi connectivity index (χ4v) is 2.89. The number of guanidine groups is 1. The third-order valence-electron chi connectivity index (χ3n) is 4.27. The number of hydrogen-bond acceptors (Lipinski definition) is 3. The van der Waals surface area contributed by atoms with E-state index in [2.05, 4.69) is 40.4 Å². The van der Waals surface area contributed by atoms with Crippen LogP contribution in [0.15, 0.2) is 29.3 Å². The van der Waals surface area contributed by atoms with Gasteiger partial charge >= 0.3 is 0 Å². The van der Waals surface area contributed by atoms with Gasteiger partial charge in [0.1, 0.15) is 5.75 Å². The molecule has 2 N–H and O–H groups in total. The van der Waals surface area contributed by atoms with Gasteiger partial charge in [0.2, 0.25) is 0 Å². The average Bonchev–Trinajstić information content (AvgIpc) is 3.05. The first-order chi connectivity index (χ1) is 11.2. The van der Waals surface area contributed by atoms with Gasteiger partial charge in [-0.1, -0.05) is 19.1 Å². The fourth-order valence-electron chi connectivity index (χ4n) is 2.89. The van der Waals surface area contributed by atoms with E-state index in [9.17, 15) is 0 Å². The molecule has 1 atom stereocenters. The lowest BCUT2D eigenvalue weighted by molar-refractivity contribution is 0.342. The summed E-state index contributed by atoms with van der Waals surface area (Å²) in [4.78, 5) is 7.19. The molecule has 1 aromatic rings. The van der Waals surface area contributed by atoms with Crippen LogP contribution in [0.1, 0.15) is 25.8 Å². The Kier molecular flexibility index (Phi) is 10.1. The van der Waals surface area contributed by atoms with Crippen LogP contribution in [-0.2, 0) is 6.54 Å². The lowest BCUT2D eigenvalue weighted by Crippen LogP contribution is -2.40. The first kappa shape index (κ1) is 21.0. The van der Waals surface area contributed by atoms with Crippen molar-refractivity contribution in [2.45, 2.75) is 26.8 Å². The van der Waals surface area contributed by atoms with Gasteiger partial charge in [-0.15, -0.1) is 24.0 Å². The van der Waals surface area contributed by atoms with E-state index in [1.54, 1.807) is 7.11 Å². The van der Waals surface area contributed by atoms with Crippen LogP contribution < -0.4 is 15.4 Å². The number of nitrogens with one attached hydrogen (secondary N) is 2. The van der Waals surface area contributed by atoms with Crippen molar-refractivity contribution < 1.29 is 4.74 Å². The molecule has 136 valence electrons. The Morgan fingerprint density at radius 2 is 2.17 bits per heavy atom. The molecular formula is C18H31IN4O. The van der Waals surface area contributed by atoms with E-state index < -0.39 is 0 Å². The molecule has 0 amide bonds. The number of benzene rings is 1. The van der Waals surface area contributed by atoms with Gasteiger partial charge in [0.15, 0.2) is 5.96 Å². The second-order valence-electron chi connectivity index (χ2n) is 5.98. The molecule has 0 radical (unpaired) electrons. The highest BCUT2D eigenvalue weighted by atomic mass is 127. The van der Waals surface area contributed by atoms with Crippen LogP contribution in [0.2, 0.25) is 0 Å². The van der Waals surface area contributed by atoms with Crippen LogP contribution in [0.25, 0.3) is 0 Å². The number of likely N-dealkylation sites (tertiary alicyclic amines) is 1. The maximum atomic E-state index is 5.26. The van der Waals surface area contributed by atoms with Gasteiger partial charge in [0.25, 0.3) is 0 Å². The average molecular weight is 446 g/mol. The summed E-state index contributed by atoms with van der Waals surface area (Å²) < 4.78 is 5.26. The van der Waals surface area contributed by atoms with Crippen molar-refractivity contribution in [2.75, 3.05) is 39.8 Å². The smallest absolute Gasteiger partial charge is 0.191 e. The van der Waals surface area contributed by atoms with E-state index in [1.807, 2.05) is 18.2 Å². The number of nitrogens with zero attached hydrogens (tertiary/aromatic N) is 2. The van der Waals surface area contributed by atoms with Crippen LogP contribution >= 0.6 is 24.0 Å². The van der Waals surface area contributed by atoms with Crippen LogP contribution in [0.4, 0.5) is 0 Å². The topological polar surface area (TPSA) is 48.9 Å². The third-order valence-corrected chi connectivity index (χ3v) is 4.27. The maximum Gasteiger partial charge on any atom is 0.191 e.